The van der Waals surface area contributed by atoms with Crippen LogP contribution in [0.25, 0.3) is 0 Å². The van der Waals surface area contributed by atoms with Gasteiger partial charge in [0.15, 0.2) is 0 Å². The molecular formula is C19H20ClF3N2O4S. The minimum absolute atomic E-state index is 0.0701. The van der Waals surface area contributed by atoms with Crippen LogP contribution in [0.3, 0.4) is 0 Å². The lowest BCUT2D eigenvalue weighted by Gasteiger charge is -2.24. The Kier molecular flexibility index (Phi) is 7.59. The predicted molar refractivity (Wildman–Crippen MR) is 108 cm³/mol. The molecule has 0 aliphatic carbocycles. The van der Waals surface area contributed by atoms with Crippen LogP contribution in [-0.4, -0.2) is 40.3 Å². The van der Waals surface area contributed by atoms with Gasteiger partial charge in [0, 0.05) is 0 Å². The van der Waals surface area contributed by atoms with Gasteiger partial charge in [0.05, 0.1) is 29.1 Å². The highest BCUT2D eigenvalue weighted by atomic mass is 35.5. The number of amides is 1. The summed E-state index contributed by atoms with van der Waals surface area (Å²) in [5.74, 6) is -0.112. The van der Waals surface area contributed by atoms with E-state index in [1.54, 1.807) is 6.07 Å². The first-order valence-electron chi connectivity index (χ1n) is 8.68. The molecule has 0 fully saturated rings. The van der Waals surface area contributed by atoms with Gasteiger partial charge in [-0.05, 0) is 42.8 Å². The van der Waals surface area contributed by atoms with Crippen LogP contribution in [0, 0.1) is 6.92 Å². The molecule has 0 bridgehead atoms. The van der Waals surface area contributed by atoms with E-state index in [0.29, 0.717) is 16.1 Å². The molecule has 2 aromatic carbocycles. The minimum Gasteiger partial charge on any atom is -0.492 e. The summed E-state index contributed by atoms with van der Waals surface area (Å²) in [5.41, 5.74) is -0.513. The summed E-state index contributed by atoms with van der Waals surface area (Å²) in [7, 11) is -4.09. The smallest absolute Gasteiger partial charge is 0.416 e. The summed E-state index contributed by atoms with van der Waals surface area (Å²) < 4.78 is 69.2. The molecule has 2 aromatic rings. The number of carbonyl (C=O) groups is 1. The Bertz CT molecular complexity index is 1010. The van der Waals surface area contributed by atoms with Gasteiger partial charge in [0.1, 0.15) is 18.9 Å². The zero-order valence-electron chi connectivity index (χ0n) is 16.2. The van der Waals surface area contributed by atoms with Gasteiger partial charge >= 0.3 is 6.18 Å². The maximum absolute atomic E-state index is 13.0. The SMILES string of the molecule is Cc1cccc(OCCNC(=O)CN(c2cc(C(F)(F)F)ccc2Cl)S(C)(=O)=O)c1. The molecule has 0 atom stereocenters. The fraction of sp³-hybridized carbons (Fsp3) is 0.316. The molecule has 1 N–H and O–H groups in total. The number of alkyl halides is 3. The Hall–Kier alpha value is -2.46. The Balaban J connectivity index is 2.06. The summed E-state index contributed by atoms with van der Waals surface area (Å²) in [6, 6.07) is 9.52. The van der Waals surface area contributed by atoms with Crippen LogP contribution in [0.1, 0.15) is 11.1 Å². The van der Waals surface area contributed by atoms with Gasteiger partial charge in [-0.25, -0.2) is 8.42 Å². The number of anilines is 1. The zero-order valence-corrected chi connectivity index (χ0v) is 17.7. The molecule has 6 nitrogen and oxygen atoms in total. The van der Waals surface area contributed by atoms with Gasteiger partial charge < -0.3 is 10.1 Å². The number of hydrogen-bond acceptors (Lipinski definition) is 4. The van der Waals surface area contributed by atoms with Gasteiger partial charge in [0.2, 0.25) is 15.9 Å². The van der Waals surface area contributed by atoms with Crippen molar-refractivity contribution in [1.82, 2.24) is 5.32 Å². The Morgan fingerprint density at radius 1 is 1.20 bits per heavy atom. The van der Waals surface area contributed by atoms with E-state index in [9.17, 15) is 26.4 Å². The molecule has 0 saturated carbocycles. The molecule has 0 radical (unpaired) electrons. The minimum atomic E-state index is -4.70. The number of halogens is 4. The number of nitrogens with zero attached hydrogens (tertiary/aromatic N) is 1. The summed E-state index contributed by atoms with van der Waals surface area (Å²) in [6.45, 7) is 1.36. The highest BCUT2D eigenvalue weighted by molar-refractivity contribution is 7.92. The van der Waals surface area contributed by atoms with E-state index in [4.69, 9.17) is 16.3 Å². The largest absolute Gasteiger partial charge is 0.492 e. The third-order valence-electron chi connectivity index (χ3n) is 3.91. The Labute approximate surface area is 177 Å². The van der Waals surface area contributed by atoms with Crippen LogP contribution >= 0.6 is 11.6 Å². The second-order valence-electron chi connectivity index (χ2n) is 6.45. The molecule has 164 valence electrons. The molecule has 2 rings (SSSR count). The molecule has 0 aliphatic heterocycles. The number of sulfonamides is 1. The van der Waals surface area contributed by atoms with Crippen molar-refractivity contribution in [1.29, 1.82) is 0 Å². The van der Waals surface area contributed by atoms with Gasteiger partial charge in [-0.1, -0.05) is 23.7 Å². The van der Waals surface area contributed by atoms with Gasteiger partial charge in [-0.2, -0.15) is 13.2 Å². The topological polar surface area (TPSA) is 75.7 Å². The summed E-state index contributed by atoms with van der Waals surface area (Å²) in [6.07, 6.45) is -3.92. The van der Waals surface area contributed by atoms with Crippen LogP contribution in [0.15, 0.2) is 42.5 Å². The number of carbonyl (C=O) groups excluding carboxylic acids is 1. The van der Waals surface area contributed by atoms with Crippen molar-refractivity contribution >= 4 is 33.2 Å². The average molecular weight is 465 g/mol. The third kappa shape index (κ3) is 6.81. The molecule has 0 heterocycles. The van der Waals surface area contributed by atoms with Crippen molar-refractivity contribution in [2.24, 2.45) is 0 Å². The number of hydrogen-bond donors (Lipinski definition) is 1. The number of aryl methyl sites for hydroxylation is 1. The number of rotatable bonds is 8. The molecule has 0 aromatic heterocycles. The number of nitrogens with one attached hydrogen (secondary N) is 1. The first-order chi connectivity index (χ1) is 13.9. The van der Waals surface area contributed by atoms with Crippen molar-refractivity contribution in [3.05, 3.63) is 58.6 Å². The van der Waals surface area contributed by atoms with Crippen LogP contribution < -0.4 is 14.4 Å². The molecule has 11 heteroatoms. The van der Waals surface area contributed by atoms with E-state index in [0.717, 1.165) is 24.0 Å². The quantitative estimate of drug-likeness (QED) is 0.605. The van der Waals surface area contributed by atoms with E-state index >= 15 is 0 Å². The monoisotopic (exact) mass is 464 g/mol. The Morgan fingerprint density at radius 2 is 1.90 bits per heavy atom. The van der Waals surface area contributed by atoms with E-state index in [1.807, 2.05) is 25.1 Å². The van der Waals surface area contributed by atoms with Crippen molar-refractivity contribution in [3.63, 3.8) is 0 Å². The zero-order chi connectivity index (χ0) is 22.5. The van der Waals surface area contributed by atoms with Gasteiger partial charge in [-0.15, -0.1) is 0 Å². The van der Waals surface area contributed by atoms with Crippen molar-refractivity contribution < 1.29 is 31.1 Å². The maximum Gasteiger partial charge on any atom is 0.416 e. The molecule has 0 spiro atoms. The first kappa shape index (κ1) is 23.8. The second kappa shape index (κ2) is 9.57. The van der Waals surface area contributed by atoms with Gasteiger partial charge in [-0.3, -0.25) is 9.10 Å². The van der Waals surface area contributed by atoms with Crippen molar-refractivity contribution in [3.8, 4) is 5.75 Å². The number of ether oxygens (including phenoxy) is 1. The highest BCUT2D eigenvalue weighted by Crippen LogP contribution is 2.36. The lowest BCUT2D eigenvalue weighted by Crippen LogP contribution is -2.41. The van der Waals surface area contributed by atoms with Gasteiger partial charge in [0.25, 0.3) is 0 Å². The lowest BCUT2D eigenvalue weighted by atomic mass is 10.2. The standard InChI is InChI=1S/C19H20ClF3N2O4S/c1-13-4-3-5-15(10-13)29-9-8-24-18(26)12-25(30(2,27)28)17-11-14(19(21,22)23)6-7-16(17)20/h3-7,10-11H,8-9,12H2,1-2H3,(H,24,26). The lowest BCUT2D eigenvalue weighted by molar-refractivity contribution is -0.137. The van der Waals surface area contributed by atoms with Crippen LogP contribution in [-0.2, 0) is 21.0 Å². The van der Waals surface area contributed by atoms with E-state index in [2.05, 4.69) is 5.32 Å². The normalized spacial score (nSPS) is 11.8. The molecule has 0 unspecified atom stereocenters. The third-order valence-corrected chi connectivity index (χ3v) is 5.36. The fourth-order valence-corrected chi connectivity index (χ4v) is 3.64. The predicted octanol–water partition coefficient (Wildman–Crippen LogP) is 3.63. The summed E-state index contributed by atoms with van der Waals surface area (Å²) >= 11 is 5.91. The average Bonchev–Trinajstić information content (AvgIpc) is 2.62. The van der Waals surface area contributed by atoms with Crippen LogP contribution in [0.5, 0.6) is 5.75 Å². The number of benzene rings is 2. The van der Waals surface area contributed by atoms with E-state index < -0.39 is 39.9 Å². The summed E-state index contributed by atoms with van der Waals surface area (Å²) in [4.78, 5) is 12.2. The maximum atomic E-state index is 13.0. The summed E-state index contributed by atoms with van der Waals surface area (Å²) in [5, 5.41) is 2.24. The van der Waals surface area contributed by atoms with Crippen molar-refractivity contribution in [2.45, 2.75) is 13.1 Å². The molecule has 0 saturated heterocycles. The first-order valence-corrected chi connectivity index (χ1v) is 10.9. The van der Waals surface area contributed by atoms with Crippen LogP contribution in [0.2, 0.25) is 5.02 Å². The molecule has 0 aliphatic rings. The van der Waals surface area contributed by atoms with Crippen molar-refractivity contribution in [2.75, 3.05) is 30.3 Å². The Morgan fingerprint density at radius 3 is 2.50 bits per heavy atom. The molecule has 1 amide bonds. The van der Waals surface area contributed by atoms with Crippen LogP contribution in [0.4, 0.5) is 18.9 Å². The molecule has 30 heavy (non-hydrogen) atoms. The van der Waals surface area contributed by atoms with E-state index in [1.165, 1.54) is 0 Å². The highest BCUT2D eigenvalue weighted by Gasteiger charge is 2.33. The fourth-order valence-electron chi connectivity index (χ4n) is 2.51. The second-order valence-corrected chi connectivity index (χ2v) is 8.76. The molecular weight excluding hydrogens is 445 g/mol. The van der Waals surface area contributed by atoms with E-state index in [-0.39, 0.29) is 18.2 Å².